The van der Waals surface area contributed by atoms with Crippen LogP contribution in [0.1, 0.15) is 40.7 Å². The van der Waals surface area contributed by atoms with Crippen molar-refractivity contribution >= 4 is 11.6 Å². The quantitative estimate of drug-likeness (QED) is 0.719. The van der Waals surface area contributed by atoms with Crippen molar-refractivity contribution in [2.24, 2.45) is 0 Å². The molecule has 5 nitrogen and oxygen atoms in total. The molecule has 3 aromatic rings. The number of aromatic nitrogens is 2. The topological polar surface area (TPSA) is 50.2 Å². The number of hydrogen-bond acceptors (Lipinski definition) is 3. The molecule has 5 heteroatoms. The van der Waals surface area contributed by atoms with Gasteiger partial charge in [0.2, 0.25) is 0 Å². The summed E-state index contributed by atoms with van der Waals surface area (Å²) in [5.74, 6) is -0.0988. The normalized spacial score (nSPS) is 14.8. The fraction of sp³-hybridized carbons (Fsp3) is 0.304. The van der Waals surface area contributed by atoms with Crippen LogP contribution in [0.2, 0.25) is 0 Å². The van der Waals surface area contributed by atoms with Crippen molar-refractivity contribution < 1.29 is 4.79 Å². The summed E-state index contributed by atoms with van der Waals surface area (Å²) >= 11 is 0. The van der Waals surface area contributed by atoms with E-state index < -0.39 is 0 Å². The molecule has 1 aromatic heterocycles. The number of amides is 1. The number of carbonyl (C=O) groups excluding carboxylic acids is 1. The number of piperidine rings is 1. The molecule has 4 rings (SSSR count). The molecule has 1 aliphatic rings. The Labute approximate surface area is 166 Å². The third kappa shape index (κ3) is 4.49. The molecule has 0 radical (unpaired) electrons. The van der Waals surface area contributed by atoms with Crippen LogP contribution >= 0.6 is 0 Å². The largest absolute Gasteiger partial charge is 0.322 e. The third-order valence-electron chi connectivity index (χ3n) is 5.15. The van der Waals surface area contributed by atoms with Crippen LogP contribution in [0, 0.1) is 6.92 Å². The summed E-state index contributed by atoms with van der Waals surface area (Å²) in [6.07, 6.45) is 7.68. The van der Waals surface area contributed by atoms with Gasteiger partial charge in [0.25, 0.3) is 5.91 Å². The van der Waals surface area contributed by atoms with Crippen LogP contribution in [0.3, 0.4) is 0 Å². The number of nitrogens with one attached hydrogen (secondary N) is 1. The van der Waals surface area contributed by atoms with E-state index in [9.17, 15) is 4.79 Å². The van der Waals surface area contributed by atoms with E-state index in [1.807, 2.05) is 55.7 Å². The van der Waals surface area contributed by atoms with Crippen molar-refractivity contribution in [1.82, 2.24) is 14.7 Å². The molecular formula is C23H26N4O. The van der Waals surface area contributed by atoms with Crippen molar-refractivity contribution in [3.63, 3.8) is 0 Å². The van der Waals surface area contributed by atoms with Crippen LogP contribution in [0.15, 0.2) is 60.9 Å². The second-order valence-corrected chi connectivity index (χ2v) is 7.50. The number of aryl methyl sites for hydroxylation is 1. The molecule has 1 aliphatic heterocycles. The number of nitrogens with zero attached hydrogens (tertiary/aromatic N) is 3. The molecule has 0 aliphatic carbocycles. The van der Waals surface area contributed by atoms with E-state index >= 15 is 0 Å². The van der Waals surface area contributed by atoms with Gasteiger partial charge in [-0.3, -0.25) is 9.69 Å². The molecule has 2 heterocycles. The van der Waals surface area contributed by atoms with Crippen molar-refractivity contribution in [3.05, 3.63) is 77.6 Å². The summed E-state index contributed by atoms with van der Waals surface area (Å²) in [5, 5.41) is 7.32. The average Bonchev–Trinajstić information content (AvgIpc) is 3.15. The molecule has 0 atom stereocenters. The standard InChI is InChI=1S/C23H26N4O/c1-18-15-24-27(16-18)22-10-8-20(9-11-22)23(28)25-21-7-5-6-19(14-21)17-26-12-3-2-4-13-26/h5-11,14-16H,2-4,12-13,17H2,1H3,(H,25,28). The minimum atomic E-state index is -0.0988. The van der Waals surface area contributed by atoms with Crippen LogP contribution in [-0.4, -0.2) is 33.7 Å². The molecule has 1 fully saturated rings. The molecule has 0 bridgehead atoms. The smallest absolute Gasteiger partial charge is 0.255 e. The molecular weight excluding hydrogens is 348 g/mol. The Morgan fingerprint density at radius 3 is 2.57 bits per heavy atom. The molecule has 0 unspecified atom stereocenters. The summed E-state index contributed by atoms with van der Waals surface area (Å²) < 4.78 is 1.81. The predicted molar refractivity (Wildman–Crippen MR) is 112 cm³/mol. The van der Waals surface area contributed by atoms with E-state index in [2.05, 4.69) is 27.4 Å². The van der Waals surface area contributed by atoms with Gasteiger partial charge < -0.3 is 5.32 Å². The zero-order valence-electron chi connectivity index (χ0n) is 16.3. The van der Waals surface area contributed by atoms with E-state index in [4.69, 9.17) is 0 Å². The van der Waals surface area contributed by atoms with Crippen LogP contribution < -0.4 is 5.32 Å². The summed E-state index contributed by atoms with van der Waals surface area (Å²) in [4.78, 5) is 15.1. The second-order valence-electron chi connectivity index (χ2n) is 7.50. The minimum absolute atomic E-state index is 0.0988. The summed E-state index contributed by atoms with van der Waals surface area (Å²) in [6, 6.07) is 15.6. The number of anilines is 1. The first-order chi connectivity index (χ1) is 13.7. The van der Waals surface area contributed by atoms with Crippen LogP contribution in [0.4, 0.5) is 5.69 Å². The molecule has 1 amide bonds. The fourth-order valence-corrected chi connectivity index (χ4v) is 3.65. The zero-order valence-corrected chi connectivity index (χ0v) is 16.3. The summed E-state index contributed by atoms with van der Waals surface area (Å²) in [5.41, 5.74) is 4.75. The first-order valence-electron chi connectivity index (χ1n) is 9.92. The van der Waals surface area contributed by atoms with Gasteiger partial charge in [0.05, 0.1) is 11.9 Å². The predicted octanol–water partition coefficient (Wildman–Crippen LogP) is 4.42. The Kier molecular flexibility index (Phi) is 5.53. The van der Waals surface area contributed by atoms with E-state index in [0.717, 1.165) is 23.5 Å². The van der Waals surface area contributed by atoms with Crippen LogP contribution in [0.25, 0.3) is 5.69 Å². The van der Waals surface area contributed by atoms with Gasteiger partial charge in [-0.15, -0.1) is 0 Å². The van der Waals surface area contributed by atoms with Gasteiger partial charge in [0, 0.05) is 24.0 Å². The molecule has 2 aromatic carbocycles. The summed E-state index contributed by atoms with van der Waals surface area (Å²) in [7, 11) is 0. The number of rotatable bonds is 5. The SMILES string of the molecule is Cc1cnn(-c2ccc(C(=O)Nc3cccc(CN4CCCCC4)c3)cc2)c1. The number of likely N-dealkylation sites (tertiary alicyclic amines) is 1. The van der Waals surface area contributed by atoms with E-state index in [-0.39, 0.29) is 5.91 Å². The molecule has 0 spiro atoms. The van der Waals surface area contributed by atoms with Gasteiger partial charge >= 0.3 is 0 Å². The lowest BCUT2D eigenvalue weighted by Gasteiger charge is -2.26. The molecule has 1 saturated heterocycles. The average molecular weight is 374 g/mol. The maximum absolute atomic E-state index is 12.6. The van der Waals surface area contributed by atoms with E-state index in [1.165, 1.54) is 37.9 Å². The van der Waals surface area contributed by atoms with Crippen molar-refractivity contribution in [1.29, 1.82) is 0 Å². The lowest BCUT2D eigenvalue weighted by atomic mass is 10.1. The van der Waals surface area contributed by atoms with E-state index in [0.29, 0.717) is 5.56 Å². The molecule has 0 saturated carbocycles. The highest BCUT2D eigenvalue weighted by atomic mass is 16.1. The highest BCUT2D eigenvalue weighted by Gasteiger charge is 2.11. The van der Waals surface area contributed by atoms with Gasteiger partial charge in [0.15, 0.2) is 0 Å². The molecule has 28 heavy (non-hydrogen) atoms. The third-order valence-corrected chi connectivity index (χ3v) is 5.15. The van der Waals surface area contributed by atoms with Crippen LogP contribution in [-0.2, 0) is 6.54 Å². The van der Waals surface area contributed by atoms with Gasteiger partial charge in [-0.25, -0.2) is 4.68 Å². The Balaban J connectivity index is 1.41. The molecule has 144 valence electrons. The lowest BCUT2D eigenvalue weighted by molar-refractivity contribution is 0.102. The zero-order chi connectivity index (χ0) is 19.3. The van der Waals surface area contributed by atoms with E-state index in [1.54, 1.807) is 4.68 Å². The maximum atomic E-state index is 12.6. The monoisotopic (exact) mass is 374 g/mol. The Hall–Kier alpha value is -2.92. The van der Waals surface area contributed by atoms with Gasteiger partial charge in [-0.1, -0.05) is 18.6 Å². The molecule has 1 N–H and O–H groups in total. The summed E-state index contributed by atoms with van der Waals surface area (Å²) in [6.45, 7) is 5.28. The minimum Gasteiger partial charge on any atom is -0.322 e. The van der Waals surface area contributed by atoms with Crippen molar-refractivity contribution in [2.45, 2.75) is 32.7 Å². The van der Waals surface area contributed by atoms with Crippen LogP contribution in [0.5, 0.6) is 0 Å². The number of hydrogen-bond donors (Lipinski definition) is 1. The maximum Gasteiger partial charge on any atom is 0.255 e. The lowest BCUT2D eigenvalue weighted by Crippen LogP contribution is -2.29. The highest BCUT2D eigenvalue weighted by molar-refractivity contribution is 6.04. The fourth-order valence-electron chi connectivity index (χ4n) is 3.65. The Morgan fingerprint density at radius 2 is 1.86 bits per heavy atom. The first kappa shape index (κ1) is 18.4. The van der Waals surface area contributed by atoms with Crippen molar-refractivity contribution in [3.8, 4) is 5.69 Å². The Bertz CT molecular complexity index is 939. The number of carbonyl (C=O) groups is 1. The van der Waals surface area contributed by atoms with Crippen molar-refractivity contribution in [2.75, 3.05) is 18.4 Å². The number of benzene rings is 2. The first-order valence-corrected chi connectivity index (χ1v) is 9.92. The Morgan fingerprint density at radius 1 is 1.07 bits per heavy atom. The van der Waals surface area contributed by atoms with Gasteiger partial charge in [-0.05, 0) is 80.4 Å². The highest BCUT2D eigenvalue weighted by Crippen LogP contribution is 2.17. The van der Waals surface area contributed by atoms with Gasteiger partial charge in [-0.2, -0.15) is 5.10 Å². The van der Waals surface area contributed by atoms with Gasteiger partial charge in [0.1, 0.15) is 0 Å². The second kappa shape index (κ2) is 8.40.